The number of carboxylic acids is 1. The third kappa shape index (κ3) is 1.56. The molecule has 0 aliphatic heterocycles. The van der Waals surface area contributed by atoms with E-state index < -0.39 is 11.9 Å². The maximum atomic E-state index is 13.4. The molecule has 5 heteroatoms. The smallest absolute Gasteiger partial charge is 0.309 e. The van der Waals surface area contributed by atoms with Gasteiger partial charge in [0.1, 0.15) is 5.65 Å². The molecule has 2 aromatic heterocycles. The van der Waals surface area contributed by atoms with E-state index in [2.05, 4.69) is 4.98 Å². The maximum Gasteiger partial charge on any atom is 0.309 e. The number of hydrogen-bond donors (Lipinski definition) is 1. The molecule has 0 aliphatic rings. The lowest BCUT2D eigenvalue weighted by molar-refractivity contribution is -0.136. The zero-order valence-electron chi connectivity index (χ0n) is 8.07. The largest absolute Gasteiger partial charge is 0.481 e. The van der Waals surface area contributed by atoms with Gasteiger partial charge < -0.3 is 5.11 Å². The highest BCUT2D eigenvalue weighted by molar-refractivity contribution is 5.70. The van der Waals surface area contributed by atoms with E-state index in [-0.39, 0.29) is 6.42 Å². The van der Waals surface area contributed by atoms with Crippen LogP contribution < -0.4 is 0 Å². The summed E-state index contributed by atoms with van der Waals surface area (Å²) in [7, 11) is 0. The minimum absolute atomic E-state index is 0.228. The molecule has 0 fully saturated rings. The second-order valence-corrected chi connectivity index (χ2v) is 3.26. The summed E-state index contributed by atoms with van der Waals surface area (Å²) >= 11 is 0. The molecular formula is C10H9FN2O2. The lowest BCUT2D eigenvalue weighted by Crippen LogP contribution is -2.06. The molecule has 0 bridgehead atoms. The van der Waals surface area contributed by atoms with Gasteiger partial charge in [-0.05, 0) is 19.1 Å². The molecule has 15 heavy (non-hydrogen) atoms. The van der Waals surface area contributed by atoms with Crippen molar-refractivity contribution >= 4 is 11.6 Å². The van der Waals surface area contributed by atoms with E-state index in [0.717, 1.165) is 0 Å². The molecule has 2 aromatic rings. The van der Waals surface area contributed by atoms with Gasteiger partial charge in [0.15, 0.2) is 5.95 Å². The minimum atomic E-state index is -0.997. The fourth-order valence-electron chi connectivity index (χ4n) is 1.57. The molecule has 2 heterocycles. The summed E-state index contributed by atoms with van der Waals surface area (Å²) in [5, 5.41) is 8.70. The summed E-state index contributed by atoms with van der Waals surface area (Å²) < 4.78 is 14.7. The minimum Gasteiger partial charge on any atom is -0.481 e. The van der Waals surface area contributed by atoms with Crippen molar-refractivity contribution in [3.63, 3.8) is 0 Å². The number of aliphatic carboxylic acids is 1. The summed E-state index contributed by atoms with van der Waals surface area (Å²) in [5.41, 5.74) is 1.36. The standard InChI is InChI=1S/C10H9FN2O2/c1-6-7(5-10(14)15)13-8(11)3-2-4-9(13)12-6/h2-4H,5H2,1H3,(H,14,15). The number of nitrogens with zero attached hydrogens (tertiary/aromatic N) is 2. The van der Waals surface area contributed by atoms with E-state index in [1.165, 1.54) is 10.5 Å². The Bertz CT molecular complexity index is 533. The molecule has 0 aliphatic carbocycles. The molecule has 0 amide bonds. The first-order valence-electron chi connectivity index (χ1n) is 4.44. The summed E-state index contributed by atoms with van der Waals surface area (Å²) in [4.78, 5) is 14.7. The Morgan fingerprint density at radius 1 is 1.60 bits per heavy atom. The third-order valence-corrected chi connectivity index (χ3v) is 2.21. The van der Waals surface area contributed by atoms with Crippen molar-refractivity contribution in [1.82, 2.24) is 9.38 Å². The Morgan fingerprint density at radius 3 is 3.00 bits per heavy atom. The average molecular weight is 208 g/mol. The highest BCUT2D eigenvalue weighted by atomic mass is 19.1. The number of carboxylic acid groups (broad SMARTS) is 1. The molecule has 0 saturated carbocycles. The quantitative estimate of drug-likeness (QED) is 0.759. The Morgan fingerprint density at radius 2 is 2.33 bits per heavy atom. The Hall–Kier alpha value is -1.91. The van der Waals surface area contributed by atoms with E-state index in [0.29, 0.717) is 17.0 Å². The summed E-state index contributed by atoms with van der Waals surface area (Å²) in [6.07, 6.45) is -0.228. The van der Waals surface area contributed by atoms with Crippen LogP contribution in [0.1, 0.15) is 11.4 Å². The molecule has 1 N–H and O–H groups in total. The Balaban J connectivity index is 2.71. The Labute approximate surface area is 85.0 Å². The van der Waals surface area contributed by atoms with Crippen LogP contribution in [0.5, 0.6) is 0 Å². The fourth-order valence-corrected chi connectivity index (χ4v) is 1.57. The first-order valence-corrected chi connectivity index (χ1v) is 4.44. The summed E-state index contributed by atoms with van der Waals surface area (Å²) in [6.45, 7) is 1.67. The SMILES string of the molecule is Cc1nc2cccc(F)n2c1CC(=O)O. The third-order valence-electron chi connectivity index (χ3n) is 2.21. The van der Waals surface area contributed by atoms with Gasteiger partial charge in [-0.2, -0.15) is 4.39 Å². The van der Waals surface area contributed by atoms with Gasteiger partial charge in [0.05, 0.1) is 17.8 Å². The van der Waals surface area contributed by atoms with E-state index in [1.54, 1.807) is 19.1 Å². The molecule has 0 saturated heterocycles. The number of imidazole rings is 1. The van der Waals surface area contributed by atoms with Gasteiger partial charge in [0, 0.05) is 0 Å². The number of halogens is 1. The average Bonchev–Trinajstić information content (AvgIpc) is 2.43. The van der Waals surface area contributed by atoms with Crippen LogP contribution in [0.4, 0.5) is 4.39 Å². The van der Waals surface area contributed by atoms with Crippen molar-refractivity contribution in [3.8, 4) is 0 Å². The van der Waals surface area contributed by atoms with E-state index in [1.807, 2.05) is 0 Å². The highest BCUT2D eigenvalue weighted by Crippen LogP contribution is 2.14. The van der Waals surface area contributed by atoms with Crippen molar-refractivity contribution < 1.29 is 14.3 Å². The molecule has 2 rings (SSSR count). The van der Waals surface area contributed by atoms with Crippen LogP contribution >= 0.6 is 0 Å². The lowest BCUT2D eigenvalue weighted by Gasteiger charge is -2.00. The van der Waals surface area contributed by atoms with Crippen LogP contribution in [0.25, 0.3) is 5.65 Å². The molecule has 0 radical (unpaired) electrons. The van der Waals surface area contributed by atoms with E-state index in [9.17, 15) is 9.18 Å². The number of pyridine rings is 1. The normalized spacial score (nSPS) is 10.8. The number of aromatic nitrogens is 2. The predicted octanol–water partition coefficient (Wildman–Crippen LogP) is 1.41. The highest BCUT2D eigenvalue weighted by Gasteiger charge is 2.14. The van der Waals surface area contributed by atoms with Crippen LogP contribution in [-0.4, -0.2) is 20.5 Å². The van der Waals surface area contributed by atoms with Gasteiger partial charge in [0.25, 0.3) is 0 Å². The monoisotopic (exact) mass is 208 g/mol. The van der Waals surface area contributed by atoms with Crippen molar-refractivity contribution in [2.75, 3.05) is 0 Å². The molecule has 4 nitrogen and oxygen atoms in total. The number of hydrogen-bond acceptors (Lipinski definition) is 2. The van der Waals surface area contributed by atoms with Crippen LogP contribution in [0, 0.1) is 12.9 Å². The molecule has 0 aromatic carbocycles. The number of rotatable bonds is 2. The Kier molecular flexibility index (Phi) is 2.15. The second-order valence-electron chi connectivity index (χ2n) is 3.26. The van der Waals surface area contributed by atoms with Crippen LogP contribution in [-0.2, 0) is 11.2 Å². The maximum absolute atomic E-state index is 13.4. The van der Waals surface area contributed by atoms with E-state index in [4.69, 9.17) is 5.11 Å². The van der Waals surface area contributed by atoms with Crippen LogP contribution in [0.3, 0.4) is 0 Å². The first-order chi connectivity index (χ1) is 7.09. The number of aryl methyl sites for hydroxylation is 1. The van der Waals surface area contributed by atoms with Crippen molar-refractivity contribution in [2.24, 2.45) is 0 Å². The molecule has 0 unspecified atom stereocenters. The van der Waals surface area contributed by atoms with Crippen molar-refractivity contribution in [1.29, 1.82) is 0 Å². The zero-order valence-corrected chi connectivity index (χ0v) is 8.07. The van der Waals surface area contributed by atoms with Crippen molar-refractivity contribution in [3.05, 3.63) is 35.5 Å². The molecule has 0 spiro atoms. The van der Waals surface area contributed by atoms with Gasteiger partial charge in [0.2, 0.25) is 0 Å². The first kappa shape index (κ1) is 9.64. The van der Waals surface area contributed by atoms with Gasteiger partial charge in [-0.3, -0.25) is 9.20 Å². The second kappa shape index (κ2) is 3.34. The van der Waals surface area contributed by atoms with Crippen LogP contribution in [0.2, 0.25) is 0 Å². The van der Waals surface area contributed by atoms with Crippen molar-refractivity contribution in [2.45, 2.75) is 13.3 Å². The van der Waals surface area contributed by atoms with Gasteiger partial charge in [-0.15, -0.1) is 0 Å². The van der Waals surface area contributed by atoms with Gasteiger partial charge >= 0.3 is 5.97 Å². The summed E-state index contributed by atoms with van der Waals surface area (Å²) in [5.74, 6) is -1.49. The van der Waals surface area contributed by atoms with Gasteiger partial charge in [-0.1, -0.05) is 6.07 Å². The predicted molar refractivity (Wildman–Crippen MR) is 51.2 cm³/mol. The summed E-state index contributed by atoms with van der Waals surface area (Å²) in [6, 6.07) is 4.46. The number of fused-ring (bicyclic) bond motifs is 1. The molecular weight excluding hydrogens is 199 g/mol. The fraction of sp³-hybridized carbons (Fsp3) is 0.200. The van der Waals surface area contributed by atoms with E-state index >= 15 is 0 Å². The lowest BCUT2D eigenvalue weighted by atomic mass is 10.2. The molecule has 0 atom stereocenters. The zero-order chi connectivity index (χ0) is 11.0. The van der Waals surface area contributed by atoms with Gasteiger partial charge in [-0.25, -0.2) is 4.98 Å². The topological polar surface area (TPSA) is 54.6 Å². The number of carbonyl (C=O) groups is 1. The van der Waals surface area contributed by atoms with Crippen LogP contribution in [0.15, 0.2) is 18.2 Å². The molecule has 78 valence electrons.